The number of nitrogens with zero attached hydrogens (tertiary/aromatic N) is 4. The number of carbonyl (C=O) groups is 1. The number of amides is 1. The average Bonchev–Trinajstić information content (AvgIpc) is 2.94. The van der Waals surface area contributed by atoms with Crippen LogP contribution in [0.2, 0.25) is 0 Å². The Balaban J connectivity index is 1.86. The molecule has 110 valence electrons. The lowest BCUT2D eigenvalue weighted by molar-refractivity contribution is -0.130. The van der Waals surface area contributed by atoms with Gasteiger partial charge in [-0.25, -0.2) is 0 Å². The van der Waals surface area contributed by atoms with Gasteiger partial charge in [0.15, 0.2) is 0 Å². The van der Waals surface area contributed by atoms with E-state index >= 15 is 0 Å². The molecule has 1 atom stereocenters. The minimum atomic E-state index is 0.155. The van der Waals surface area contributed by atoms with Gasteiger partial charge >= 0.3 is 0 Å². The van der Waals surface area contributed by atoms with Crippen molar-refractivity contribution in [2.24, 2.45) is 7.05 Å². The number of piperidine rings is 1. The second-order valence-electron chi connectivity index (χ2n) is 5.59. The lowest BCUT2D eigenvalue weighted by atomic mass is 9.94. The zero-order chi connectivity index (χ0) is 14.8. The van der Waals surface area contributed by atoms with Crippen LogP contribution in [-0.4, -0.2) is 38.7 Å². The Morgan fingerprint density at radius 3 is 2.90 bits per heavy atom. The summed E-state index contributed by atoms with van der Waals surface area (Å²) in [6.45, 7) is 3.28. The van der Waals surface area contributed by atoms with E-state index in [1.807, 2.05) is 34.8 Å². The standard InChI is InChI=1S/C16H20N4O/c1-12(21)20-10-4-5-13(11-20)14-6-3-7-15(18-14)16-8-9-17-19(16)2/h3,6-9,13H,4-5,10-11H2,1-2H3. The average molecular weight is 284 g/mol. The Bertz CT molecular complexity index is 649. The molecule has 0 radical (unpaired) electrons. The molecule has 0 aliphatic carbocycles. The molecule has 1 saturated heterocycles. The van der Waals surface area contributed by atoms with Crippen molar-refractivity contribution in [3.05, 3.63) is 36.2 Å². The summed E-state index contributed by atoms with van der Waals surface area (Å²) in [7, 11) is 1.92. The molecule has 1 fully saturated rings. The second-order valence-corrected chi connectivity index (χ2v) is 5.59. The fourth-order valence-electron chi connectivity index (χ4n) is 2.95. The van der Waals surface area contributed by atoms with E-state index < -0.39 is 0 Å². The molecule has 5 heteroatoms. The number of hydrogen-bond donors (Lipinski definition) is 0. The Morgan fingerprint density at radius 2 is 2.19 bits per heavy atom. The summed E-state index contributed by atoms with van der Waals surface area (Å²) in [4.78, 5) is 18.3. The summed E-state index contributed by atoms with van der Waals surface area (Å²) in [5, 5.41) is 4.19. The highest BCUT2D eigenvalue weighted by atomic mass is 16.2. The molecule has 1 unspecified atom stereocenters. The highest BCUT2D eigenvalue weighted by Crippen LogP contribution is 2.27. The molecule has 0 spiro atoms. The smallest absolute Gasteiger partial charge is 0.219 e. The molecule has 5 nitrogen and oxygen atoms in total. The van der Waals surface area contributed by atoms with Gasteiger partial charge in [-0.05, 0) is 31.0 Å². The number of rotatable bonds is 2. The Hall–Kier alpha value is -2.17. The fourth-order valence-corrected chi connectivity index (χ4v) is 2.95. The molecule has 1 amide bonds. The number of aromatic nitrogens is 3. The Kier molecular flexibility index (Phi) is 3.73. The van der Waals surface area contributed by atoms with Crippen LogP contribution in [0.1, 0.15) is 31.4 Å². The molecule has 2 aromatic heterocycles. The van der Waals surface area contributed by atoms with Crippen LogP contribution >= 0.6 is 0 Å². The van der Waals surface area contributed by atoms with E-state index in [0.29, 0.717) is 5.92 Å². The highest BCUT2D eigenvalue weighted by molar-refractivity contribution is 5.73. The number of pyridine rings is 1. The van der Waals surface area contributed by atoms with E-state index in [4.69, 9.17) is 4.98 Å². The summed E-state index contributed by atoms with van der Waals surface area (Å²) < 4.78 is 1.83. The van der Waals surface area contributed by atoms with Crippen molar-refractivity contribution < 1.29 is 4.79 Å². The lowest BCUT2D eigenvalue weighted by Crippen LogP contribution is -2.37. The maximum Gasteiger partial charge on any atom is 0.219 e. The van der Waals surface area contributed by atoms with Crippen molar-refractivity contribution in [2.45, 2.75) is 25.7 Å². The molecular weight excluding hydrogens is 264 g/mol. The summed E-state index contributed by atoms with van der Waals surface area (Å²) in [6.07, 6.45) is 3.91. The number of likely N-dealkylation sites (tertiary alicyclic amines) is 1. The quantitative estimate of drug-likeness (QED) is 0.849. The highest BCUT2D eigenvalue weighted by Gasteiger charge is 2.24. The van der Waals surface area contributed by atoms with Gasteiger partial charge in [-0.1, -0.05) is 6.07 Å². The predicted molar refractivity (Wildman–Crippen MR) is 80.7 cm³/mol. The molecule has 0 aromatic carbocycles. The Labute approximate surface area is 124 Å². The minimum absolute atomic E-state index is 0.155. The van der Waals surface area contributed by atoms with Crippen LogP contribution in [0.4, 0.5) is 0 Å². The molecule has 3 rings (SSSR count). The van der Waals surface area contributed by atoms with E-state index in [1.165, 1.54) is 0 Å². The monoisotopic (exact) mass is 284 g/mol. The van der Waals surface area contributed by atoms with E-state index in [-0.39, 0.29) is 5.91 Å². The van der Waals surface area contributed by atoms with Crippen LogP contribution in [0, 0.1) is 0 Å². The van der Waals surface area contributed by atoms with E-state index in [1.54, 1.807) is 13.1 Å². The van der Waals surface area contributed by atoms with E-state index in [0.717, 1.165) is 43.0 Å². The van der Waals surface area contributed by atoms with Gasteiger partial charge in [0.2, 0.25) is 5.91 Å². The fraction of sp³-hybridized carbons (Fsp3) is 0.438. The Morgan fingerprint density at radius 1 is 1.33 bits per heavy atom. The number of aryl methyl sites for hydroxylation is 1. The summed E-state index contributed by atoms with van der Waals surface area (Å²) in [6, 6.07) is 8.08. The van der Waals surface area contributed by atoms with Gasteiger partial charge < -0.3 is 4.90 Å². The zero-order valence-corrected chi connectivity index (χ0v) is 12.5. The van der Waals surface area contributed by atoms with Crippen molar-refractivity contribution in [1.29, 1.82) is 0 Å². The number of hydrogen-bond acceptors (Lipinski definition) is 3. The van der Waals surface area contributed by atoms with Crippen LogP contribution in [0.25, 0.3) is 11.4 Å². The van der Waals surface area contributed by atoms with Gasteiger partial charge in [0.1, 0.15) is 0 Å². The second kappa shape index (κ2) is 5.68. The molecular formula is C16H20N4O. The van der Waals surface area contributed by atoms with Crippen molar-refractivity contribution >= 4 is 5.91 Å². The normalized spacial score (nSPS) is 18.8. The van der Waals surface area contributed by atoms with Gasteiger partial charge in [0.05, 0.1) is 11.4 Å². The molecule has 0 saturated carbocycles. The first-order valence-electron chi connectivity index (χ1n) is 7.36. The SMILES string of the molecule is CC(=O)N1CCCC(c2cccc(-c3ccnn3C)n2)C1. The van der Waals surface area contributed by atoms with Crippen LogP contribution in [0.5, 0.6) is 0 Å². The maximum atomic E-state index is 11.6. The molecule has 1 aliphatic heterocycles. The number of carbonyl (C=O) groups excluding carboxylic acids is 1. The third kappa shape index (κ3) is 2.82. The molecule has 1 aliphatic rings. The zero-order valence-electron chi connectivity index (χ0n) is 12.5. The lowest BCUT2D eigenvalue weighted by Gasteiger charge is -2.31. The molecule has 0 N–H and O–H groups in total. The molecule has 3 heterocycles. The minimum Gasteiger partial charge on any atom is -0.342 e. The van der Waals surface area contributed by atoms with Crippen molar-refractivity contribution in [1.82, 2.24) is 19.7 Å². The first kappa shape index (κ1) is 13.8. The maximum absolute atomic E-state index is 11.6. The van der Waals surface area contributed by atoms with Crippen LogP contribution in [0.3, 0.4) is 0 Å². The third-order valence-electron chi connectivity index (χ3n) is 4.14. The van der Waals surface area contributed by atoms with Crippen LogP contribution in [-0.2, 0) is 11.8 Å². The first-order chi connectivity index (χ1) is 10.1. The molecule has 0 bridgehead atoms. The first-order valence-corrected chi connectivity index (χ1v) is 7.36. The van der Waals surface area contributed by atoms with Gasteiger partial charge in [0, 0.05) is 44.9 Å². The van der Waals surface area contributed by atoms with Gasteiger partial charge in [-0.3, -0.25) is 14.5 Å². The van der Waals surface area contributed by atoms with Crippen molar-refractivity contribution in [3.8, 4) is 11.4 Å². The van der Waals surface area contributed by atoms with E-state index in [2.05, 4.69) is 11.2 Å². The van der Waals surface area contributed by atoms with Crippen LogP contribution < -0.4 is 0 Å². The van der Waals surface area contributed by atoms with Crippen molar-refractivity contribution in [3.63, 3.8) is 0 Å². The van der Waals surface area contributed by atoms with Crippen LogP contribution in [0.15, 0.2) is 30.5 Å². The molecule has 2 aromatic rings. The van der Waals surface area contributed by atoms with E-state index in [9.17, 15) is 4.79 Å². The summed E-state index contributed by atoms with van der Waals surface area (Å²) in [5.41, 5.74) is 3.02. The third-order valence-corrected chi connectivity index (χ3v) is 4.14. The van der Waals surface area contributed by atoms with Gasteiger partial charge in [-0.15, -0.1) is 0 Å². The summed E-state index contributed by atoms with van der Waals surface area (Å²) in [5.74, 6) is 0.485. The predicted octanol–water partition coefficient (Wildman–Crippen LogP) is 2.21. The molecule has 21 heavy (non-hydrogen) atoms. The summed E-state index contributed by atoms with van der Waals surface area (Å²) >= 11 is 0. The largest absolute Gasteiger partial charge is 0.342 e. The van der Waals surface area contributed by atoms with Gasteiger partial charge in [-0.2, -0.15) is 5.10 Å². The topological polar surface area (TPSA) is 51.0 Å². The van der Waals surface area contributed by atoms with Crippen molar-refractivity contribution in [2.75, 3.05) is 13.1 Å². The van der Waals surface area contributed by atoms with Gasteiger partial charge in [0.25, 0.3) is 0 Å².